The van der Waals surface area contributed by atoms with Crippen LogP contribution in [0.15, 0.2) is 78.9 Å². The van der Waals surface area contributed by atoms with E-state index in [-0.39, 0.29) is 12.2 Å². The molecule has 0 aliphatic heterocycles. The fraction of sp³-hybridized carbons (Fsp3) is 0.160. The molecular formula is C25H24ClNO4. The van der Waals surface area contributed by atoms with E-state index >= 15 is 0 Å². The quantitative estimate of drug-likeness (QED) is 0.321. The van der Waals surface area contributed by atoms with Crippen molar-refractivity contribution in [3.8, 4) is 5.75 Å². The molecule has 0 spiro atoms. The van der Waals surface area contributed by atoms with Crippen molar-refractivity contribution in [2.45, 2.75) is 12.6 Å². The Balaban J connectivity index is 1.54. The van der Waals surface area contributed by atoms with Crippen LogP contribution >= 0.6 is 11.6 Å². The molecule has 1 unspecified atom stereocenters. The van der Waals surface area contributed by atoms with Gasteiger partial charge in [0.1, 0.15) is 18.5 Å². The SMILES string of the molecule is O=C(O)/C(=C/c1ccc(OCC(O)CNCc2ccccc2)cc1)c1ccccc1Cl. The van der Waals surface area contributed by atoms with Crippen molar-refractivity contribution in [1.82, 2.24) is 5.32 Å². The summed E-state index contributed by atoms with van der Waals surface area (Å²) >= 11 is 6.14. The molecule has 0 saturated heterocycles. The molecule has 6 heteroatoms. The Labute approximate surface area is 186 Å². The molecule has 0 aliphatic rings. The number of aliphatic hydroxyl groups is 1. The first-order chi connectivity index (χ1) is 15.0. The minimum absolute atomic E-state index is 0.110. The molecule has 160 valence electrons. The molecule has 3 aromatic rings. The summed E-state index contributed by atoms with van der Waals surface area (Å²) in [5, 5.41) is 23.2. The number of hydrogen-bond donors (Lipinski definition) is 3. The molecule has 3 N–H and O–H groups in total. The highest BCUT2D eigenvalue weighted by Crippen LogP contribution is 2.26. The van der Waals surface area contributed by atoms with Gasteiger partial charge in [0.2, 0.25) is 0 Å². The molecule has 3 rings (SSSR count). The maximum Gasteiger partial charge on any atom is 0.336 e. The second kappa shape index (κ2) is 11.3. The summed E-state index contributed by atoms with van der Waals surface area (Å²) < 4.78 is 5.63. The third-order valence-electron chi connectivity index (χ3n) is 4.58. The number of halogens is 1. The number of aliphatic carboxylic acids is 1. The lowest BCUT2D eigenvalue weighted by Crippen LogP contribution is -2.31. The van der Waals surface area contributed by atoms with Crippen LogP contribution in [-0.4, -0.2) is 35.4 Å². The molecule has 31 heavy (non-hydrogen) atoms. The Hall–Kier alpha value is -3.12. The predicted octanol–water partition coefficient (Wildman–Crippen LogP) is 4.49. The number of benzene rings is 3. The second-order valence-corrected chi connectivity index (χ2v) is 7.40. The van der Waals surface area contributed by atoms with Gasteiger partial charge in [-0.1, -0.05) is 72.3 Å². The number of nitrogens with one attached hydrogen (secondary N) is 1. The number of carboxylic acid groups (broad SMARTS) is 1. The first kappa shape index (κ1) is 22.6. The lowest BCUT2D eigenvalue weighted by Gasteiger charge is -2.13. The van der Waals surface area contributed by atoms with Gasteiger partial charge < -0.3 is 20.3 Å². The van der Waals surface area contributed by atoms with Crippen molar-refractivity contribution < 1.29 is 19.7 Å². The number of ether oxygens (including phenoxy) is 1. The van der Waals surface area contributed by atoms with Crippen LogP contribution in [0, 0.1) is 0 Å². The molecule has 0 heterocycles. The molecule has 5 nitrogen and oxygen atoms in total. The Morgan fingerprint density at radius 1 is 1.00 bits per heavy atom. The van der Waals surface area contributed by atoms with Crippen molar-refractivity contribution in [1.29, 1.82) is 0 Å². The molecule has 0 saturated carbocycles. The smallest absolute Gasteiger partial charge is 0.336 e. The van der Waals surface area contributed by atoms with Gasteiger partial charge in [-0.2, -0.15) is 0 Å². The first-order valence-electron chi connectivity index (χ1n) is 9.88. The standard InChI is InChI=1S/C25H24ClNO4/c26-24-9-5-4-8-22(24)23(25(29)30)14-18-10-12-21(13-11-18)31-17-20(28)16-27-15-19-6-2-1-3-7-19/h1-14,20,27-28H,15-17H2,(H,29,30)/b23-14+. The van der Waals surface area contributed by atoms with Crippen LogP contribution in [0.5, 0.6) is 5.75 Å². The van der Waals surface area contributed by atoms with Crippen LogP contribution in [0.25, 0.3) is 11.6 Å². The number of carbonyl (C=O) groups is 1. The van der Waals surface area contributed by atoms with Gasteiger partial charge in [-0.15, -0.1) is 0 Å². The van der Waals surface area contributed by atoms with Crippen molar-refractivity contribution in [3.05, 3.63) is 101 Å². The highest BCUT2D eigenvalue weighted by atomic mass is 35.5. The lowest BCUT2D eigenvalue weighted by molar-refractivity contribution is -0.130. The number of carboxylic acids is 1. The van der Waals surface area contributed by atoms with Gasteiger partial charge in [0.25, 0.3) is 0 Å². The minimum atomic E-state index is -1.06. The van der Waals surface area contributed by atoms with Gasteiger partial charge in [0.05, 0.1) is 5.57 Å². The topological polar surface area (TPSA) is 78.8 Å². The summed E-state index contributed by atoms with van der Waals surface area (Å²) in [7, 11) is 0. The van der Waals surface area contributed by atoms with Gasteiger partial charge in [-0.25, -0.2) is 4.79 Å². The maximum atomic E-state index is 11.7. The third-order valence-corrected chi connectivity index (χ3v) is 4.91. The van der Waals surface area contributed by atoms with Crippen LogP contribution in [0.3, 0.4) is 0 Å². The Morgan fingerprint density at radius 2 is 1.68 bits per heavy atom. The van der Waals surface area contributed by atoms with E-state index < -0.39 is 12.1 Å². The van der Waals surface area contributed by atoms with Gasteiger partial charge in [-0.3, -0.25) is 0 Å². The summed E-state index contributed by atoms with van der Waals surface area (Å²) in [5.74, 6) is -0.464. The van der Waals surface area contributed by atoms with Crippen LogP contribution in [0.2, 0.25) is 5.02 Å². The Kier molecular flexibility index (Phi) is 8.24. The molecule has 0 fully saturated rings. The van der Waals surface area contributed by atoms with Crippen molar-refractivity contribution in [2.24, 2.45) is 0 Å². The zero-order valence-corrected chi connectivity index (χ0v) is 17.6. The molecule has 3 aromatic carbocycles. The van der Waals surface area contributed by atoms with Crippen molar-refractivity contribution in [3.63, 3.8) is 0 Å². The second-order valence-electron chi connectivity index (χ2n) is 6.99. The maximum absolute atomic E-state index is 11.7. The fourth-order valence-electron chi connectivity index (χ4n) is 2.99. The Bertz CT molecular complexity index is 1020. The summed E-state index contributed by atoms with van der Waals surface area (Å²) in [4.78, 5) is 11.7. The highest BCUT2D eigenvalue weighted by molar-refractivity contribution is 6.35. The molecule has 1 atom stereocenters. The normalized spacial score (nSPS) is 12.4. The fourth-order valence-corrected chi connectivity index (χ4v) is 3.23. The number of rotatable bonds is 10. The molecular weight excluding hydrogens is 414 g/mol. The van der Waals surface area contributed by atoms with Crippen molar-refractivity contribution in [2.75, 3.05) is 13.2 Å². The molecule has 0 aliphatic carbocycles. The monoisotopic (exact) mass is 437 g/mol. The van der Waals surface area contributed by atoms with Crippen LogP contribution in [-0.2, 0) is 11.3 Å². The highest BCUT2D eigenvalue weighted by Gasteiger charge is 2.13. The van der Waals surface area contributed by atoms with Gasteiger partial charge in [0.15, 0.2) is 0 Å². The zero-order valence-electron chi connectivity index (χ0n) is 16.9. The molecule has 0 radical (unpaired) electrons. The first-order valence-corrected chi connectivity index (χ1v) is 10.3. The van der Waals surface area contributed by atoms with Crippen LogP contribution in [0.1, 0.15) is 16.7 Å². The number of hydrogen-bond acceptors (Lipinski definition) is 4. The average molecular weight is 438 g/mol. The van der Waals surface area contributed by atoms with E-state index in [9.17, 15) is 15.0 Å². The zero-order chi connectivity index (χ0) is 22.1. The molecule has 0 aromatic heterocycles. The number of aliphatic hydroxyl groups excluding tert-OH is 1. The Morgan fingerprint density at radius 3 is 2.35 bits per heavy atom. The van der Waals surface area contributed by atoms with E-state index in [1.165, 1.54) is 0 Å². The van der Waals surface area contributed by atoms with Gasteiger partial charge in [0, 0.05) is 23.7 Å². The summed E-state index contributed by atoms with van der Waals surface area (Å²) in [6.45, 7) is 1.24. The largest absolute Gasteiger partial charge is 0.491 e. The summed E-state index contributed by atoms with van der Waals surface area (Å²) in [6.07, 6.45) is 0.914. The molecule has 0 bridgehead atoms. The van der Waals surface area contributed by atoms with E-state index in [2.05, 4.69) is 5.32 Å². The van der Waals surface area contributed by atoms with Crippen LogP contribution in [0.4, 0.5) is 0 Å². The average Bonchev–Trinajstić information content (AvgIpc) is 2.78. The molecule has 0 amide bonds. The van der Waals surface area contributed by atoms with E-state index in [1.807, 2.05) is 30.3 Å². The minimum Gasteiger partial charge on any atom is -0.491 e. The summed E-state index contributed by atoms with van der Waals surface area (Å²) in [6, 6.07) is 23.8. The van der Waals surface area contributed by atoms with Crippen molar-refractivity contribution >= 4 is 29.2 Å². The van der Waals surface area contributed by atoms with E-state index in [4.69, 9.17) is 16.3 Å². The van der Waals surface area contributed by atoms with Crippen LogP contribution < -0.4 is 10.1 Å². The lowest BCUT2D eigenvalue weighted by atomic mass is 10.0. The van der Waals surface area contributed by atoms with Gasteiger partial charge in [-0.05, 0) is 35.4 Å². The predicted molar refractivity (Wildman–Crippen MR) is 123 cm³/mol. The van der Waals surface area contributed by atoms with Gasteiger partial charge >= 0.3 is 5.97 Å². The van der Waals surface area contributed by atoms with E-state index in [1.54, 1.807) is 54.6 Å². The third kappa shape index (κ3) is 6.96. The summed E-state index contributed by atoms with van der Waals surface area (Å²) in [5.41, 5.74) is 2.42. The van der Waals surface area contributed by atoms with E-state index in [0.29, 0.717) is 35.0 Å². The van der Waals surface area contributed by atoms with E-state index in [0.717, 1.165) is 5.56 Å².